The highest BCUT2D eigenvalue weighted by Gasteiger charge is 2.14. The molecule has 0 radical (unpaired) electrons. The number of morpholine rings is 1. The van der Waals surface area contributed by atoms with E-state index in [1.54, 1.807) is 0 Å². The van der Waals surface area contributed by atoms with Crippen molar-refractivity contribution in [2.45, 2.75) is 39.7 Å². The molecule has 1 fully saturated rings. The minimum Gasteiger partial charge on any atom is -0.381 e. The molecule has 0 saturated carbocycles. The number of aliphatic imine (C=N–C) groups is 1. The van der Waals surface area contributed by atoms with Crippen molar-refractivity contribution in [2.24, 2.45) is 4.99 Å². The Bertz CT molecular complexity index is 551. The van der Waals surface area contributed by atoms with Crippen molar-refractivity contribution in [3.63, 3.8) is 0 Å². The van der Waals surface area contributed by atoms with Gasteiger partial charge in [-0.05, 0) is 31.4 Å². The zero-order valence-electron chi connectivity index (χ0n) is 17.4. The van der Waals surface area contributed by atoms with Gasteiger partial charge in [0.25, 0.3) is 0 Å². The van der Waals surface area contributed by atoms with Crippen molar-refractivity contribution in [3.05, 3.63) is 29.8 Å². The minimum absolute atomic E-state index is 0. The van der Waals surface area contributed by atoms with Gasteiger partial charge in [-0.15, -0.1) is 24.0 Å². The molecule has 0 unspecified atom stereocenters. The first kappa shape index (κ1) is 25.0. The Balaban J connectivity index is 0.00000392. The number of benzene rings is 1. The van der Waals surface area contributed by atoms with Gasteiger partial charge >= 0.3 is 0 Å². The van der Waals surface area contributed by atoms with Crippen molar-refractivity contribution in [1.29, 1.82) is 0 Å². The van der Waals surface area contributed by atoms with Gasteiger partial charge in [-0.2, -0.15) is 0 Å². The van der Waals surface area contributed by atoms with E-state index in [0.29, 0.717) is 6.54 Å². The van der Waals surface area contributed by atoms with E-state index in [9.17, 15) is 0 Å². The van der Waals surface area contributed by atoms with Crippen LogP contribution < -0.4 is 15.5 Å². The topological polar surface area (TPSA) is 58.1 Å². The number of halogens is 1. The summed E-state index contributed by atoms with van der Waals surface area (Å²) in [5.74, 6) is 0.864. The zero-order chi connectivity index (χ0) is 19.2. The van der Waals surface area contributed by atoms with E-state index in [0.717, 1.165) is 71.4 Å². The summed E-state index contributed by atoms with van der Waals surface area (Å²) in [6.45, 7) is 11.8. The molecule has 0 atom stereocenters. The van der Waals surface area contributed by atoms with Crippen molar-refractivity contribution < 1.29 is 9.47 Å². The van der Waals surface area contributed by atoms with Crippen LogP contribution in [0.1, 0.15) is 38.7 Å². The molecular weight excluding hydrogens is 467 g/mol. The molecule has 2 N–H and O–H groups in total. The molecule has 160 valence electrons. The molecule has 1 aliphatic rings. The van der Waals surface area contributed by atoms with Crippen LogP contribution in [0.2, 0.25) is 0 Å². The summed E-state index contributed by atoms with van der Waals surface area (Å²) in [7, 11) is 0. The largest absolute Gasteiger partial charge is 0.381 e. The van der Waals surface area contributed by atoms with E-state index in [-0.39, 0.29) is 24.0 Å². The van der Waals surface area contributed by atoms with E-state index in [1.165, 1.54) is 17.7 Å². The number of rotatable bonds is 11. The predicted octanol–water partition coefficient (Wildman–Crippen LogP) is 3.40. The molecule has 0 aliphatic carbocycles. The van der Waals surface area contributed by atoms with Crippen LogP contribution in [0.3, 0.4) is 0 Å². The lowest BCUT2D eigenvalue weighted by Crippen LogP contribution is -2.38. The predicted molar refractivity (Wildman–Crippen MR) is 128 cm³/mol. The fourth-order valence-electron chi connectivity index (χ4n) is 2.99. The first-order valence-electron chi connectivity index (χ1n) is 10.4. The third-order valence-electron chi connectivity index (χ3n) is 4.50. The minimum atomic E-state index is 0. The molecule has 1 aliphatic heterocycles. The number of ether oxygens (including phenoxy) is 2. The Kier molecular flexibility index (Phi) is 14.1. The highest BCUT2D eigenvalue weighted by molar-refractivity contribution is 14.0. The van der Waals surface area contributed by atoms with Gasteiger partial charge in [-0.3, -0.25) is 0 Å². The van der Waals surface area contributed by atoms with Crippen LogP contribution in [0.25, 0.3) is 0 Å². The van der Waals surface area contributed by atoms with Crippen LogP contribution in [0.5, 0.6) is 0 Å². The fraction of sp³-hybridized carbons (Fsp3) is 0.667. The maximum atomic E-state index is 5.61. The number of nitrogens with zero attached hydrogens (tertiary/aromatic N) is 2. The standard InChI is InChI=1S/C21H36N4O2.HI/c1-3-5-14-26-15-8-11-23-21(22-4-2)24-18-19-9-6-7-10-20(19)25-12-16-27-17-13-25;/h6-7,9-10H,3-5,8,11-18H2,1-2H3,(H2,22,23,24);1H. The lowest BCUT2D eigenvalue weighted by atomic mass is 10.1. The second kappa shape index (κ2) is 15.8. The van der Waals surface area contributed by atoms with Gasteiger partial charge in [-0.1, -0.05) is 31.5 Å². The Morgan fingerprint density at radius 2 is 1.86 bits per heavy atom. The third-order valence-corrected chi connectivity index (χ3v) is 4.50. The second-order valence-electron chi connectivity index (χ2n) is 6.67. The average Bonchev–Trinajstić information content (AvgIpc) is 2.72. The number of para-hydroxylation sites is 1. The molecule has 1 heterocycles. The van der Waals surface area contributed by atoms with Crippen LogP contribution in [-0.4, -0.2) is 58.6 Å². The van der Waals surface area contributed by atoms with E-state index in [2.05, 4.69) is 53.6 Å². The summed E-state index contributed by atoms with van der Waals surface area (Å²) in [6.07, 6.45) is 3.31. The van der Waals surface area contributed by atoms with Crippen LogP contribution in [0.4, 0.5) is 5.69 Å². The molecule has 28 heavy (non-hydrogen) atoms. The summed E-state index contributed by atoms with van der Waals surface area (Å²) in [6, 6.07) is 8.53. The fourth-order valence-corrected chi connectivity index (χ4v) is 2.99. The number of hydrogen-bond acceptors (Lipinski definition) is 4. The Hall–Kier alpha value is -1.06. The van der Waals surface area contributed by atoms with E-state index in [1.807, 2.05) is 0 Å². The Morgan fingerprint density at radius 1 is 1.11 bits per heavy atom. The summed E-state index contributed by atoms with van der Waals surface area (Å²) < 4.78 is 11.1. The van der Waals surface area contributed by atoms with Gasteiger partial charge in [0.15, 0.2) is 5.96 Å². The number of unbranched alkanes of at least 4 members (excludes halogenated alkanes) is 1. The molecule has 0 aromatic heterocycles. The summed E-state index contributed by atoms with van der Waals surface area (Å²) in [5, 5.41) is 6.73. The normalized spacial score (nSPS) is 14.5. The van der Waals surface area contributed by atoms with E-state index in [4.69, 9.17) is 14.5 Å². The summed E-state index contributed by atoms with van der Waals surface area (Å²) in [4.78, 5) is 7.17. The molecular formula is C21H37IN4O2. The summed E-state index contributed by atoms with van der Waals surface area (Å²) >= 11 is 0. The smallest absolute Gasteiger partial charge is 0.191 e. The molecule has 0 amide bonds. The van der Waals surface area contributed by atoms with Crippen molar-refractivity contribution in [3.8, 4) is 0 Å². The monoisotopic (exact) mass is 504 g/mol. The molecule has 7 heteroatoms. The summed E-state index contributed by atoms with van der Waals surface area (Å²) in [5.41, 5.74) is 2.52. The van der Waals surface area contributed by atoms with Crippen LogP contribution >= 0.6 is 24.0 Å². The van der Waals surface area contributed by atoms with E-state index < -0.39 is 0 Å². The van der Waals surface area contributed by atoms with Crippen LogP contribution in [-0.2, 0) is 16.0 Å². The lowest BCUT2D eigenvalue weighted by molar-refractivity contribution is 0.122. The van der Waals surface area contributed by atoms with Gasteiger partial charge in [-0.25, -0.2) is 4.99 Å². The van der Waals surface area contributed by atoms with Gasteiger partial charge in [0.1, 0.15) is 0 Å². The van der Waals surface area contributed by atoms with Gasteiger partial charge in [0.2, 0.25) is 0 Å². The molecule has 1 saturated heterocycles. The van der Waals surface area contributed by atoms with Crippen LogP contribution in [0.15, 0.2) is 29.3 Å². The van der Waals surface area contributed by atoms with Gasteiger partial charge in [0, 0.05) is 45.1 Å². The van der Waals surface area contributed by atoms with Gasteiger partial charge in [0.05, 0.1) is 19.8 Å². The molecule has 6 nitrogen and oxygen atoms in total. The Morgan fingerprint density at radius 3 is 2.61 bits per heavy atom. The first-order chi connectivity index (χ1) is 13.3. The van der Waals surface area contributed by atoms with Crippen LogP contribution in [0, 0.1) is 0 Å². The molecule has 0 bridgehead atoms. The molecule has 0 spiro atoms. The highest BCUT2D eigenvalue weighted by atomic mass is 127. The second-order valence-corrected chi connectivity index (χ2v) is 6.67. The average molecular weight is 504 g/mol. The molecule has 1 aromatic rings. The molecule has 2 rings (SSSR count). The van der Waals surface area contributed by atoms with Crippen molar-refractivity contribution in [1.82, 2.24) is 10.6 Å². The van der Waals surface area contributed by atoms with Crippen molar-refractivity contribution in [2.75, 3.05) is 57.5 Å². The third kappa shape index (κ3) is 9.43. The SMILES string of the molecule is CCCCOCCCNC(=NCc1ccccc1N1CCOCC1)NCC.I. The maximum absolute atomic E-state index is 5.61. The quantitative estimate of drug-likeness (QED) is 0.210. The van der Waals surface area contributed by atoms with Gasteiger partial charge < -0.3 is 25.0 Å². The number of guanidine groups is 1. The first-order valence-corrected chi connectivity index (χ1v) is 10.4. The van der Waals surface area contributed by atoms with Crippen molar-refractivity contribution >= 4 is 35.6 Å². The number of hydrogen-bond donors (Lipinski definition) is 2. The maximum Gasteiger partial charge on any atom is 0.191 e. The zero-order valence-corrected chi connectivity index (χ0v) is 19.7. The number of anilines is 1. The Labute approximate surface area is 187 Å². The number of nitrogens with one attached hydrogen (secondary N) is 2. The lowest BCUT2D eigenvalue weighted by Gasteiger charge is -2.30. The highest BCUT2D eigenvalue weighted by Crippen LogP contribution is 2.22. The van der Waals surface area contributed by atoms with E-state index >= 15 is 0 Å². The molecule has 1 aromatic carbocycles.